The molecule has 1 aliphatic heterocycles. The van der Waals surface area contributed by atoms with Crippen molar-refractivity contribution in [3.05, 3.63) is 58.5 Å². The largest absolute Gasteiger partial charge is 0.384 e. The second-order valence-electron chi connectivity index (χ2n) is 10.6. The molecule has 4 aromatic rings. The number of anilines is 2. The summed E-state index contributed by atoms with van der Waals surface area (Å²) in [6, 6.07) is 7.82. The Bertz CT molecular complexity index is 1430. The van der Waals surface area contributed by atoms with E-state index in [9.17, 15) is 5.11 Å². The molecule has 0 radical (unpaired) electrons. The maximum absolute atomic E-state index is 11.0. The monoisotopic (exact) mass is 551 g/mol. The fraction of sp³-hybridized carbons (Fsp3) is 0.500. The topological polar surface area (TPSA) is 122 Å². The predicted molar refractivity (Wildman–Crippen MR) is 155 cm³/mol. The highest BCUT2D eigenvalue weighted by Gasteiger charge is 2.28. The van der Waals surface area contributed by atoms with Gasteiger partial charge in [0.2, 0.25) is 11.9 Å². The SMILES string of the molecule is CCC(O)(CC)c1ccn(-c2cccc(Cl)c2CNc2nc(N3CCC(N)CC3)nc3c(C(C)C)cnn23)n1. The zero-order chi connectivity index (χ0) is 27.7. The number of nitrogens with zero attached hydrogens (tertiary/aromatic N) is 7. The van der Waals surface area contributed by atoms with Gasteiger partial charge in [-0.3, -0.25) is 0 Å². The lowest BCUT2D eigenvalue weighted by atomic mass is 9.94. The highest BCUT2D eigenvalue weighted by molar-refractivity contribution is 6.31. The van der Waals surface area contributed by atoms with Gasteiger partial charge in [0, 0.05) is 48.0 Å². The number of nitrogens with one attached hydrogen (secondary N) is 1. The van der Waals surface area contributed by atoms with Gasteiger partial charge in [0.05, 0.1) is 17.6 Å². The van der Waals surface area contributed by atoms with Crippen LogP contribution >= 0.6 is 11.6 Å². The van der Waals surface area contributed by atoms with E-state index in [2.05, 4.69) is 29.2 Å². The first kappa shape index (κ1) is 27.4. The Morgan fingerprint density at radius 3 is 2.59 bits per heavy atom. The van der Waals surface area contributed by atoms with Crippen LogP contribution in [0.4, 0.5) is 11.9 Å². The number of piperidine rings is 1. The molecular weight excluding hydrogens is 514 g/mol. The highest BCUT2D eigenvalue weighted by atomic mass is 35.5. The average Bonchev–Trinajstić information content (AvgIpc) is 3.60. The predicted octanol–water partition coefficient (Wildman–Crippen LogP) is 4.63. The molecule has 0 spiro atoms. The Kier molecular flexibility index (Phi) is 7.80. The van der Waals surface area contributed by atoms with Gasteiger partial charge in [0.1, 0.15) is 5.60 Å². The van der Waals surface area contributed by atoms with Crippen LogP contribution in [0.1, 0.15) is 76.1 Å². The summed E-state index contributed by atoms with van der Waals surface area (Å²) in [5.74, 6) is 1.53. The first-order valence-electron chi connectivity index (χ1n) is 13.8. The summed E-state index contributed by atoms with van der Waals surface area (Å²) >= 11 is 6.72. The van der Waals surface area contributed by atoms with Crippen LogP contribution in [-0.4, -0.2) is 53.6 Å². The van der Waals surface area contributed by atoms with E-state index in [1.807, 2.05) is 50.5 Å². The summed E-state index contributed by atoms with van der Waals surface area (Å²) in [5.41, 5.74) is 9.38. The number of benzene rings is 1. The molecule has 1 aliphatic rings. The normalized spacial score (nSPS) is 15.0. The molecule has 5 rings (SSSR count). The minimum Gasteiger partial charge on any atom is -0.384 e. The van der Waals surface area contributed by atoms with E-state index in [1.165, 1.54) is 0 Å². The van der Waals surface area contributed by atoms with Crippen LogP contribution in [0.2, 0.25) is 5.02 Å². The van der Waals surface area contributed by atoms with Crippen LogP contribution in [-0.2, 0) is 12.1 Å². The Labute approximate surface area is 234 Å². The summed E-state index contributed by atoms with van der Waals surface area (Å²) in [4.78, 5) is 12.0. The molecule has 1 saturated heterocycles. The molecule has 3 aromatic heterocycles. The minimum absolute atomic E-state index is 0.218. The van der Waals surface area contributed by atoms with Crippen molar-refractivity contribution >= 4 is 29.1 Å². The Hall–Kier alpha value is -3.21. The van der Waals surface area contributed by atoms with Crippen LogP contribution < -0.4 is 16.0 Å². The zero-order valence-electron chi connectivity index (χ0n) is 23.1. The molecule has 0 amide bonds. The number of nitrogens with two attached hydrogens (primary N) is 1. The molecule has 39 heavy (non-hydrogen) atoms. The van der Waals surface area contributed by atoms with Crippen molar-refractivity contribution in [1.82, 2.24) is 29.4 Å². The van der Waals surface area contributed by atoms with Gasteiger partial charge in [-0.05, 0) is 49.8 Å². The number of fused-ring (bicyclic) bond motifs is 1. The van der Waals surface area contributed by atoms with E-state index in [-0.39, 0.29) is 12.0 Å². The molecule has 0 atom stereocenters. The third-order valence-corrected chi connectivity index (χ3v) is 8.18. The second kappa shape index (κ2) is 11.1. The summed E-state index contributed by atoms with van der Waals surface area (Å²) in [6.45, 7) is 10.2. The van der Waals surface area contributed by atoms with Crippen LogP contribution in [0.15, 0.2) is 36.7 Å². The average molecular weight is 552 g/mol. The molecule has 208 valence electrons. The van der Waals surface area contributed by atoms with Crippen molar-refractivity contribution < 1.29 is 5.11 Å². The molecule has 4 heterocycles. The zero-order valence-corrected chi connectivity index (χ0v) is 23.9. The smallest absolute Gasteiger partial charge is 0.230 e. The quantitative estimate of drug-likeness (QED) is 0.275. The van der Waals surface area contributed by atoms with E-state index < -0.39 is 5.60 Å². The van der Waals surface area contributed by atoms with Gasteiger partial charge in [-0.25, -0.2) is 4.68 Å². The second-order valence-corrected chi connectivity index (χ2v) is 11.0. The lowest BCUT2D eigenvalue weighted by Crippen LogP contribution is -2.40. The number of rotatable bonds is 9. The lowest BCUT2D eigenvalue weighted by Gasteiger charge is -2.30. The van der Waals surface area contributed by atoms with Crippen LogP contribution in [0, 0.1) is 0 Å². The summed E-state index contributed by atoms with van der Waals surface area (Å²) in [6.07, 6.45) is 6.72. The van der Waals surface area contributed by atoms with Gasteiger partial charge in [-0.15, -0.1) is 0 Å². The molecule has 11 heteroatoms. The Balaban J connectivity index is 1.49. The van der Waals surface area contributed by atoms with E-state index >= 15 is 0 Å². The molecule has 0 saturated carbocycles. The number of hydrogen-bond donors (Lipinski definition) is 3. The van der Waals surface area contributed by atoms with E-state index in [4.69, 9.17) is 32.4 Å². The summed E-state index contributed by atoms with van der Waals surface area (Å²) < 4.78 is 3.54. The summed E-state index contributed by atoms with van der Waals surface area (Å²) in [7, 11) is 0. The molecular formula is C28H38ClN9O. The highest BCUT2D eigenvalue weighted by Crippen LogP contribution is 2.30. The van der Waals surface area contributed by atoms with Crippen molar-refractivity contribution in [2.75, 3.05) is 23.3 Å². The number of aliphatic hydroxyl groups is 1. The van der Waals surface area contributed by atoms with Gasteiger partial charge in [-0.2, -0.15) is 24.7 Å². The van der Waals surface area contributed by atoms with E-state index in [0.29, 0.717) is 42.0 Å². The number of aromatic nitrogens is 6. The van der Waals surface area contributed by atoms with Gasteiger partial charge in [-0.1, -0.05) is 45.4 Å². The first-order valence-corrected chi connectivity index (χ1v) is 14.2. The minimum atomic E-state index is -0.961. The maximum atomic E-state index is 11.0. The van der Waals surface area contributed by atoms with Crippen molar-refractivity contribution in [2.45, 2.75) is 77.5 Å². The Morgan fingerprint density at radius 2 is 1.90 bits per heavy atom. The molecule has 1 aromatic carbocycles. The van der Waals surface area contributed by atoms with Crippen LogP contribution in [0.5, 0.6) is 0 Å². The number of hydrogen-bond acceptors (Lipinski definition) is 8. The van der Waals surface area contributed by atoms with Gasteiger partial charge in [0.25, 0.3) is 0 Å². The third kappa shape index (κ3) is 5.33. The standard InChI is InChI=1S/C28H38ClN9O/c1-5-28(39,6-2)24-12-15-37(35-24)23-9-7-8-22(29)21(23)16-31-26-34-27(36-13-10-19(30)11-14-36)33-25-20(18(3)4)17-32-38(25)26/h7-9,12,15,17-19,39H,5-6,10-11,13-14,16,30H2,1-4H3,(H,31,33,34). The lowest BCUT2D eigenvalue weighted by molar-refractivity contribution is 0.0236. The third-order valence-electron chi connectivity index (χ3n) is 7.83. The molecule has 4 N–H and O–H groups in total. The van der Waals surface area contributed by atoms with Gasteiger partial charge < -0.3 is 21.1 Å². The van der Waals surface area contributed by atoms with Crippen LogP contribution in [0.3, 0.4) is 0 Å². The van der Waals surface area contributed by atoms with E-state index in [1.54, 1.807) is 9.20 Å². The molecule has 0 aliphatic carbocycles. The fourth-order valence-corrected chi connectivity index (χ4v) is 5.31. The summed E-state index contributed by atoms with van der Waals surface area (Å²) in [5, 5.41) is 24.4. The Morgan fingerprint density at radius 1 is 1.15 bits per heavy atom. The van der Waals surface area contributed by atoms with Gasteiger partial charge >= 0.3 is 0 Å². The molecule has 1 fully saturated rings. The van der Waals surface area contributed by atoms with Crippen molar-refractivity contribution in [1.29, 1.82) is 0 Å². The van der Waals surface area contributed by atoms with Gasteiger partial charge in [0.15, 0.2) is 5.65 Å². The van der Waals surface area contributed by atoms with Crippen molar-refractivity contribution in [3.8, 4) is 5.69 Å². The molecule has 0 bridgehead atoms. The molecule has 10 nitrogen and oxygen atoms in total. The maximum Gasteiger partial charge on any atom is 0.230 e. The van der Waals surface area contributed by atoms with Crippen molar-refractivity contribution in [2.24, 2.45) is 5.73 Å². The molecule has 0 unspecified atom stereocenters. The van der Waals surface area contributed by atoms with E-state index in [0.717, 1.165) is 48.4 Å². The number of halogens is 1. The van der Waals surface area contributed by atoms with Crippen molar-refractivity contribution in [3.63, 3.8) is 0 Å². The van der Waals surface area contributed by atoms with Crippen LogP contribution in [0.25, 0.3) is 11.3 Å². The fourth-order valence-electron chi connectivity index (χ4n) is 5.07. The first-order chi connectivity index (χ1) is 18.7.